The maximum Gasteiger partial charge on any atom is 0.0379 e. The van der Waals surface area contributed by atoms with Crippen molar-refractivity contribution in [1.82, 2.24) is 9.97 Å². The molecule has 1 radical (unpaired) electrons. The molecule has 4 heteroatoms. The van der Waals surface area contributed by atoms with Crippen LogP contribution in [0.4, 0.5) is 4.39 Å². The van der Waals surface area contributed by atoms with E-state index >= 15 is 0 Å². The molecular weight excluding hydrogens is 708 g/mol. The van der Waals surface area contributed by atoms with E-state index in [9.17, 15) is 4.39 Å². The Bertz CT molecular complexity index is 2350. The van der Waals surface area contributed by atoms with Crippen LogP contribution in [0.5, 0.6) is 0 Å². The van der Waals surface area contributed by atoms with Crippen molar-refractivity contribution in [2.75, 3.05) is 0 Å². The summed E-state index contributed by atoms with van der Waals surface area (Å²) in [6.07, 6.45) is 2.28. The van der Waals surface area contributed by atoms with Gasteiger partial charge in [-0.1, -0.05) is 60.2 Å². The van der Waals surface area contributed by atoms with Gasteiger partial charge in [0.25, 0.3) is 0 Å². The summed E-state index contributed by atoms with van der Waals surface area (Å²) in [5.41, 5.74) is 2.28. The van der Waals surface area contributed by atoms with Crippen LogP contribution in [0.25, 0.3) is 44.8 Å². The molecule has 0 atom stereocenters. The summed E-state index contributed by atoms with van der Waals surface area (Å²) in [6, 6.07) is 30.2. The third-order valence-electron chi connectivity index (χ3n) is 6.39. The fourth-order valence-corrected chi connectivity index (χ4v) is 4.23. The van der Waals surface area contributed by atoms with Crippen LogP contribution in [0.3, 0.4) is 0 Å². The van der Waals surface area contributed by atoms with Crippen LogP contribution in [0.15, 0.2) is 109 Å². The zero-order valence-electron chi connectivity index (χ0n) is 37.5. The number of benzene rings is 4. The molecule has 2 nitrogen and oxygen atoms in total. The van der Waals surface area contributed by atoms with Crippen LogP contribution in [0.2, 0.25) is 0 Å². The SMILES string of the molecule is [2H]C([2H])([2H])c1ccccc1-c1ccc(-c2cc(-c3[c-]cccc3)ncc2C([2H])([2H])[2H])c(C([2H])([2H])[2H])c1.[2H]C([2H])([2H])c1cnc(-c2[c-]cc(F)cc2)cc1C([2H])([2H])[2H].[Ir]. The van der Waals surface area contributed by atoms with Crippen molar-refractivity contribution in [3.63, 3.8) is 0 Å². The molecule has 0 bridgehead atoms. The Balaban J connectivity index is 0.000000289. The summed E-state index contributed by atoms with van der Waals surface area (Å²) >= 11 is 0. The molecule has 0 amide bonds. The van der Waals surface area contributed by atoms with Crippen molar-refractivity contribution in [2.45, 2.75) is 34.3 Å². The number of hydrogen-bond acceptors (Lipinski definition) is 2. The zero-order chi connectivity index (χ0) is 42.1. The van der Waals surface area contributed by atoms with Crippen molar-refractivity contribution in [3.05, 3.63) is 155 Å². The number of nitrogens with zero attached hydrogens (tertiary/aromatic N) is 2. The number of aromatic nitrogens is 2. The van der Waals surface area contributed by atoms with Crippen molar-refractivity contribution in [3.8, 4) is 44.8 Å². The van der Waals surface area contributed by atoms with E-state index in [1.807, 2.05) is 0 Å². The van der Waals surface area contributed by atoms with E-state index < -0.39 is 40.1 Å². The molecule has 6 rings (SSSR count). The van der Waals surface area contributed by atoms with Gasteiger partial charge in [-0.25, -0.2) is 0 Å². The summed E-state index contributed by atoms with van der Waals surface area (Å²) in [5.74, 6) is -0.478. The van der Waals surface area contributed by atoms with Gasteiger partial charge in [0.2, 0.25) is 0 Å². The molecule has 0 spiro atoms. The van der Waals surface area contributed by atoms with Gasteiger partial charge in [-0.2, -0.15) is 0 Å². The van der Waals surface area contributed by atoms with Gasteiger partial charge in [0, 0.05) is 58.9 Å². The summed E-state index contributed by atoms with van der Waals surface area (Å²) in [5, 5.41) is 0. The van der Waals surface area contributed by atoms with Crippen LogP contribution >= 0.6 is 0 Å². The molecule has 0 aliphatic carbocycles. The number of hydrogen-bond donors (Lipinski definition) is 0. The quantitative estimate of drug-likeness (QED) is 0.168. The maximum absolute atomic E-state index is 12.9. The standard InChI is InChI=1S/C26H22N.C13H11FN.Ir/c1-18-9-7-8-12-23(18)22-13-14-24(19(2)15-22)25-16-26(27-17-20(25)3)21-10-5-4-6-11-21;1-9-7-13(15-8-10(9)2)11-3-5-12(14)6-4-11;/h4-10,12-17H,1-3H3;3,5-8H,1-2H3;/q2*-1;/i1D3,2D3,3D3;1D3,2D3;. The largest absolute Gasteiger partial charge is 0.304 e. The summed E-state index contributed by atoms with van der Waals surface area (Å²) in [7, 11) is 0. The van der Waals surface area contributed by atoms with Crippen molar-refractivity contribution in [1.29, 1.82) is 0 Å². The predicted octanol–water partition coefficient (Wildman–Crippen LogP) is 10.1. The number of halogens is 1. The summed E-state index contributed by atoms with van der Waals surface area (Å²) in [4.78, 5) is 8.26. The molecule has 0 fully saturated rings. The Morgan fingerprint density at radius 3 is 2.02 bits per heavy atom. The zero-order valence-corrected chi connectivity index (χ0v) is 24.9. The Morgan fingerprint density at radius 1 is 0.581 bits per heavy atom. The van der Waals surface area contributed by atoms with Gasteiger partial charge in [0.15, 0.2) is 0 Å². The minimum Gasteiger partial charge on any atom is -0.304 e. The second-order valence-corrected chi connectivity index (χ2v) is 9.23. The van der Waals surface area contributed by atoms with Gasteiger partial charge < -0.3 is 9.97 Å². The molecule has 2 aromatic heterocycles. The fraction of sp³-hybridized carbons (Fsp3) is 0.128. The average Bonchev–Trinajstić information content (AvgIpc) is 3.13. The van der Waals surface area contributed by atoms with E-state index in [1.54, 1.807) is 54.6 Å². The number of pyridine rings is 2. The van der Waals surface area contributed by atoms with Gasteiger partial charge >= 0.3 is 0 Å². The first-order valence-corrected chi connectivity index (χ1v) is 12.8. The Kier molecular flexibility index (Phi) is 5.70. The molecule has 0 aliphatic heterocycles. The van der Waals surface area contributed by atoms with E-state index in [4.69, 9.17) is 20.6 Å². The minimum atomic E-state index is -2.60. The Hall–Kier alpha value is -4.24. The number of rotatable bonds is 4. The van der Waals surface area contributed by atoms with Crippen LogP contribution in [-0.4, -0.2) is 9.97 Å². The average molecular weight is 756 g/mol. The first kappa shape index (κ1) is 17.2. The summed E-state index contributed by atoms with van der Waals surface area (Å²) < 4.78 is 130. The molecule has 0 N–H and O–H groups in total. The fourth-order valence-electron chi connectivity index (χ4n) is 4.23. The van der Waals surface area contributed by atoms with Crippen LogP contribution in [0.1, 0.15) is 48.4 Å². The van der Waals surface area contributed by atoms with Gasteiger partial charge in [0.05, 0.1) is 0 Å². The third-order valence-corrected chi connectivity index (χ3v) is 6.39. The monoisotopic (exact) mass is 756 g/mol. The van der Waals surface area contributed by atoms with Crippen LogP contribution in [-0.2, 0) is 20.1 Å². The van der Waals surface area contributed by atoms with Gasteiger partial charge in [-0.15, -0.1) is 65.7 Å². The molecule has 6 aromatic rings. The molecular formula is C39H33FIrN2-2. The van der Waals surface area contributed by atoms with Gasteiger partial charge in [0.1, 0.15) is 0 Å². The predicted molar refractivity (Wildman–Crippen MR) is 172 cm³/mol. The molecule has 0 saturated heterocycles. The van der Waals surface area contributed by atoms with E-state index in [2.05, 4.69) is 22.1 Å². The van der Waals surface area contributed by atoms with Crippen molar-refractivity contribution in [2.24, 2.45) is 0 Å². The smallest absolute Gasteiger partial charge is 0.0379 e. The maximum atomic E-state index is 12.9. The summed E-state index contributed by atoms with van der Waals surface area (Å²) in [6.45, 7) is -12.7. The van der Waals surface area contributed by atoms with E-state index in [1.165, 1.54) is 42.6 Å². The topological polar surface area (TPSA) is 25.8 Å². The van der Waals surface area contributed by atoms with Crippen molar-refractivity contribution < 1.29 is 45.1 Å². The van der Waals surface area contributed by atoms with Gasteiger partial charge in [-0.05, 0) is 90.2 Å². The Morgan fingerprint density at radius 2 is 1.30 bits per heavy atom. The molecule has 0 saturated carbocycles. The first-order valence-electron chi connectivity index (χ1n) is 20.3. The normalized spacial score (nSPS) is 17.0. The van der Waals surface area contributed by atoms with Crippen LogP contribution < -0.4 is 0 Å². The van der Waals surface area contributed by atoms with Crippen molar-refractivity contribution >= 4 is 0 Å². The first-order chi connectivity index (χ1) is 26.4. The molecule has 43 heavy (non-hydrogen) atoms. The molecule has 2 heterocycles. The van der Waals surface area contributed by atoms with E-state index in [0.717, 1.165) is 12.3 Å². The van der Waals surface area contributed by atoms with E-state index in [0.29, 0.717) is 27.9 Å². The second kappa shape index (κ2) is 14.3. The Labute approximate surface area is 289 Å². The third kappa shape index (κ3) is 7.59. The minimum absolute atomic E-state index is 0. The van der Waals surface area contributed by atoms with E-state index in [-0.39, 0.29) is 64.7 Å². The molecule has 217 valence electrons. The molecule has 0 unspecified atom stereocenters. The van der Waals surface area contributed by atoms with Gasteiger partial charge in [-0.3, -0.25) is 4.39 Å². The molecule has 4 aromatic carbocycles. The molecule has 0 aliphatic rings. The number of aryl methyl sites for hydroxylation is 5. The van der Waals surface area contributed by atoms with Crippen LogP contribution in [0, 0.1) is 52.2 Å². The second-order valence-electron chi connectivity index (χ2n) is 9.23.